The molecule has 0 fully saturated rings. The largest absolute Gasteiger partial charge is 0.462 e. The van der Waals surface area contributed by atoms with Crippen molar-refractivity contribution in [3.8, 4) is 0 Å². The van der Waals surface area contributed by atoms with Crippen molar-refractivity contribution in [2.24, 2.45) is 0 Å². The highest BCUT2D eigenvalue weighted by Crippen LogP contribution is 2.16. The first-order valence-corrected chi connectivity index (χ1v) is 24.8. The molecule has 1 atom stereocenters. The summed E-state index contributed by atoms with van der Waals surface area (Å²) in [5.74, 6) is -0.877. The molecule has 0 N–H and O–H groups in total. The van der Waals surface area contributed by atoms with E-state index in [1.54, 1.807) is 0 Å². The number of esters is 3. The molecule has 0 aromatic heterocycles. The molecule has 0 saturated carbocycles. The van der Waals surface area contributed by atoms with E-state index in [9.17, 15) is 14.4 Å². The number of carbonyl (C=O) groups is 3. The first-order valence-electron chi connectivity index (χ1n) is 24.8. The standard InChI is InChI=1S/C51H94O6/c1-4-7-10-13-16-19-22-24-26-28-29-32-35-38-41-44-50(53)56-47-48(46-55-49(52)43-40-37-34-31-21-18-15-12-9-6-3)57-51(54)45-42-39-36-33-30-27-25-23-20-17-14-11-8-5-2/h14,17,23,25,48H,4-13,15-16,18-22,24,26-47H2,1-3H3/b17-14-,25-23-. The van der Waals surface area contributed by atoms with Gasteiger partial charge < -0.3 is 14.2 Å². The van der Waals surface area contributed by atoms with Crippen LogP contribution in [0.2, 0.25) is 0 Å². The van der Waals surface area contributed by atoms with Gasteiger partial charge in [-0.25, -0.2) is 0 Å². The summed E-state index contributed by atoms with van der Waals surface area (Å²) >= 11 is 0. The average molecular weight is 803 g/mol. The first-order chi connectivity index (χ1) is 28.0. The van der Waals surface area contributed by atoms with Crippen molar-refractivity contribution in [2.75, 3.05) is 13.2 Å². The van der Waals surface area contributed by atoms with Gasteiger partial charge in [0.05, 0.1) is 0 Å². The Labute approximate surface area is 353 Å². The first kappa shape index (κ1) is 54.9. The lowest BCUT2D eigenvalue weighted by molar-refractivity contribution is -0.167. The lowest BCUT2D eigenvalue weighted by Crippen LogP contribution is -2.30. The maximum absolute atomic E-state index is 12.7. The fourth-order valence-electron chi connectivity index (χ4n) is 7.17. The van der Waals surface area contributed by atoms with Gasteiger partial charge in [-0.05, 0) is 44.9 Å². The Bertz CT molecular complexity index is 927. The quantitative estimate of drug-likeness (QED) is 0.0264. The van der Waals surface area contributed by atoms with E-state index < -0.39 is 6.10 Å². The van der Waals surface area contributed by atoms with Gasteiger partial charge >= 0.3 is 17.9 Å². The minimum Gasteiger partial charge on any atom is -0.462 e. The highest BCUT2D eigenvalue weighted by atomic mass is 16.6. The van der Waals surface area contributed by atoms with Gasteiger partial charge in [0.25, 0.3) is 0 Å². The Kier molecular flexibility index (Phi) is 44.9. The van der Waals surface area contributed by atoms with Gasteiger partial charge in [0.15, 0.2) is 6.10 Å². The molecule has 1 unspecified atom stereocenters. The predicted octanol–water partition coefficient (Wildman–Crippen LogP) is 16.0. The van der Waals surface area contributed by atoms with Crippen molar-refractivity contribution in [2.45, 2.75) is 271 Å². The number of hydrogen-bond donors (Lipinski definition) is 0. The van der Waals surface area contributed by atoms with E-state index >= 15 is 0 Å². The second kappa shape index (κ2) is 46.6. The van der Waals surface area contributed by atoms with Crippen molar-refractivity contribution in [1.29, 1.82) is 0 Å². The fourth-order valence-corrected chi connectivity index (χ4v) is 7.17. The van der Waals surface area contributed by atoms with Crippen LogP contribution >= 0.6 is 0 Å². The molecule has 0 heterocycles. The maximum Gasteiger partial charge on any atom is 0.306 e. The van der Waals surface area contributed by atoms with Gasteiger partial charge in [-0.15, -0.1) is 0 Å². The van der Waals surface area contributed by atoms with E-state index in [4.69, 9.17) is 14.2 Å². The number of unbranched alkanes of at least 4 members (excludes halogenated alkanes) is 30. The summed E-state index contributed by atoms with van der Waals surface area (Å²) in [5, 5.41) is 0. The second-order valence-corrected chi connectivity index (χ2v) is 16.7. The van der Waals surface area contributed by atoms with Crippen LogP contribution in [0.5, 0.6) is 0 Å². The van der Waals surface area contributed by atoms with Crippen LogP contribution in [-0.4, -0.2) is 37.2 Å². The number of carbonyl (C=O) groups excluding carboxylic acids is 3. The number of rotatable bonds is 45. The van der Waals surface area contributed by atoms with Gasteiger partial charge in [-0.2, -0.15) is 0 Å². The minimum atomic E-state index is -0.771. The Morgan fingerprint density at radius 2 is 0.649 bits per heavy atom. The Balaban J connectivity index is 4.34. The molecule has 0 rings (SSSR count). The molecule has 0 saturated heterocycles. The average Bonchev–Trinajstić information content (AvgIpc) is 3.21. The predicted molar refractivity (Wildman–Crippen MR) is 243 cm³/mol. The molecule has 6 nitrogen and oxygen atoms in total. The van der Waals surface area contributed by atoms with E-state index in [1.807, 2.05) is 0 Å². The summed E-state index contributed by atoms with van der Waals surface area (Å²) in [6.45, 7) is 6.59. The normalized spacial score (nSPS) is 12.1. The molecule has 0 aromatic carbocycles. The van der Waals surface area contributed by atoms with Gasteiger partial charge in [0.1, 0.15) is 13.2 Å². The van der Waals surface area contributed by atoms with Crippen LogP contribution in [0, 0.1) is 0 Å². The van der Waals surface area contributed by atoms with E-state index in [2.05, 4.69) is 45.1 Å². The zero-order chi connectivity index (χ0) is 41.5. The molecule has 334 valence electrons. The summed E-state index contributed by atoms with van der Waals surface area (Å²) in [5.41, 5.74) is 0. The van der Waals surface area contributed by atoms with Crippen molar-refractivity contribution in [1.82, 2.24) is 0 Å². The molecule has 0 bridgehead atoms. The SMILES string of the molecule is CCCC/C=C\C/C=C\CCCCCCCC(=O)OC(COC(=O)CCCCCCCCCCCC)COC(=O)CCCCCCCCCCCCCCCCC. The second-order valence-electron chi connectivity index (χ2n) is 16.7. The highest BCUT2D eigenvalue weighted by Gasteiger charge is 2.19. The molecule has 0 aliphatic rings. The lowest BCUT2D eigenvalue weighted by atomic mass is 10.0. The third-order valence-electron chi connectivity index (χ3n) is 11.0. The smallest absolute Gasteiger partial charge is 0.306 e. The fraction of sp³-hybridized carbons (Fsp3) is 0.863. The van der Waals surface area contributed by atoms with E-state index in [0.29, 0.717) is 19.3 Å². The molecular weight excluding hydrogens is 709 g/mol. The van der Waals surface area contributed by atoms with Crippen molar-refractivity contribution in [3.63, 3.8) is 0 Å². The lowest BCUT2D eigenvalue weighted by Gasteiger charge is -2.18. The summed E-state index contributed by atoms with van der Waals surface area (Å²) in [6, 6.07) is 0. The molecule has 0 aromatic rings. The molecule has 0 spiro atoms. The topological polar surface area (TPSA) is 78.9 Å². The third kappa shape index (κ3) is 44.8. The highest BCUT2D eigenvalue weighted by molar-refractivity contribution is 5.71. The van der Waals surface area contributed by atoms with Gasteiger partial charge in [0, 0.05) is 19.3 Å². The molecule has 0 aliphatic heterocycles. The maximum atomic E-state index is 12.7. The van der Waals surface area contributed by atoms with Crippen LogP contribution in [0.1, 0.15) is 265 Å². The molecular formula is C51H94O6. The van der Waals surface area contributed by atoms with Crippen LogP contribution in [-0.2, 0) is 28.6 Å². The number of hydrogen-bond acceptors (Lipinski definition) is 6. The Morgan fingerprint density at radius 3 is 1.02 bits per heavy atom. The summed E-state index contributed by atoms with van der Waals surface area (Å²) in [6.07, 6.45) is 51.5. The van der Waals surface area contributed by atoms with Gasteiger partial charge in [-0.1, -0.05) is 225 Å². The summed E-state index contributed by atoms with van der Waals surface area (Å²) in [4.78, 5) is 37.8. The van der Waals surface area contributed by atoms with E-state index in [1.165, 1.54) is 141 Å². The number of ether oxygens (including phenoxy) is 3. The van der Waals surface area contributed by atoms with Crippen molar-refractivity contribution < 1.29 is 28.6 Å². The van der Waals surface area contributed by atoms with Gasteiger partial charge in [-0.3, -0.25) is 14.4 Å². The zero-order valence-electron chi connectivity index (χ0n) is 38.1. The Morgan fingerprint density at radius 1 is 0.351 bits per heavy atom. The van der Waals surface area contributed by atoms with Crippen LogP contribution in [0.4, 0.5) is 0 Å². The van der Waals surface area contributed by atoms with Crippen LogP contribution in [0.25, 0.3) is 0 Å². The van der Waals surface area contributed by atoms with Crippen molar-refractivity contribution in [3.05, 3.63) is 24.3 Å². The number of allylic oxidation sites excluding steroid dienone is 4. The zero-order valence-corrected chi connectivity index (χ0v) is 38.1. The molecule has 57 heavy (non-hydrogen) atoms. The van der Waals surface area contributed by atoms with E-state index in [0.717, 1.165) is 83.5 Å². The van der Waals surface area contributed by atoms with Crippen LogP contribution in [0.3, 0.4) is 0 Å². The van der Waals surface area contributed by atoms with Crippen LogP contribution < -0.4 is 0 Å². The minimum absolute atomic E-state index is 0.0725. The molecule has 6 heteroatoms. The molecule has 0 aliphatic carbocycles. The van der Waals surface area contributed by atoms with Crippen molar-refractivity contribution >= 4 is 17.9 Å². The van der Waals surface area contributed by atoms with Gasteiger partial charge in [0.2, 0.25) is 0 Å². The summed E-state index contributed by atoms with van der Waals surface area (Å²) < 4.78 is 16.7. The molecule has 0 amide bonds. The molecule has 0 radical (unpaired) electrons. The Hall–Kier alpha value is -2.11. The summed E-state index contributed by atoms with van der Waals surface area (Å²) in [7, 11) is 0. The van der Waals surface area contributed by atoms with E-state index in [-0.39, 0.29) is 31.1 Å². The third-order valence-corrected chi connectivity index (χ3v) is 11.0. The monoisotopic (exact) mass is 803 g/mol. The van der Waals surface area contributed by atoms with Crippen LogP contribution in [0.15, 0.2) is 24.3 Å².